The molecule has 2 saturated heterocycles. The second-order valence-electron chi connectivity index (χ2n) is 17.2. The third kappa shape index (κ3) is 5.77. The topological polar surface area (TPSA) is 96.0 Å². The van der Waals surface area contributed by atoms with Gasteiger partial charge in [0.15, 0.2) is 5.78 Å². The van der Waals surface area contributed by atoms with E-state index in [0.29, 0.717) is 13.0 Å². The van der Waals surface area contributed by atoms with E-state index in [4.69, 9.17) is 4.74 Å². The predicted molar refractivity (Wildman–Crippen MR) is 175 cm³/mol. The third-order valence-corrected chi connectivity index (χ3v) is 13.6. The van der Waals surface area contributed by atoms with E-state index in [9.17, 15) is 19.2 Å². The van der Waals surface area contributed by atoms with Crippen molar-refractivity contribution in [1.29, 1.82) is 0 Å². The Hall–Kier alpha value is -1.96. The Kier molecular flexibility index (Phi) is 9.61. The van der Waals surface area contributed by atoms with Gasteiger partial charge in [0, 0.05) is 30.3 Å². The molecule has 0 unspecified atom stereocenters. The number of fused-ring (bicyclic) bond motifs is 1. The number of rotatable bonds is 9. The van der Waals surface area contributed by atoms with Gasteiger partial charge in [0.05, 0.1) is 19.2 Å². The fourth-order valence-corrected chi connectivity index (χ4v) is 10.5. The number of ketones is 1. The van der Waals surface area contributed by atoms with Crippen LogP contribution in [0.15, 0.2) is 0 Å². The minimum Gasteiger partial charge on any atom is -0.467 e. The van der Waals surface area contributed by atoms with Crippen LogP contribution in [0, 0.1) is 33.5 Å². The molecule has 0 aromatic heterocycles. The molecule has 0 aromatic rings. The van der Waals surface area contributed by atoms with Crippen LogP contribution in [0.5, 0.6) is 0 Å². The number of methoxy groups -OCH3 is 1. The minimum absolute atomic E-state index is 0.0406. The van der Waals surface area contributed by atoms with Crippen molar-refractivity contribution in [2.75, 3.05) is 20.2 Å². The average Bonchev–Trinajstić information content (AvgIpc) is 3.20. The monoisotopic (exact) mass is 627 g/mol. The average molecular weight is 628 g/mol. The Labute approximate surface area is 272 Å². The van der Waals surface area contributed by atoms with Gasteiger partial charge in [-0.3, -0.25) is 19.3 Å². The molecule has 5 atom stereocenters. The molecule has 2 aliphatic heterocycles. The number of nitrogens with zero attached hydrogens (tertiary/aromatic N) is 2. The first-order valence-corrected chi connectivity index (χ1v) is 18.1. The van der Waals surface area contributed by atoms with Crippen molar-refractivity contribution in [2.24, 2.45) is 33.5 Å². The number of ether oxygens (including phenoxy) is 1. The summed E-state index contributed by atoms with van der Waals surface area (Å²) >= 11 is 0. The molecular formula is C37H61N3O5. The number of hydrogen-bond acceptors (Lipinski definition) is 6. The van der Waals surface area contributed by atoms with Crippen LogP contribution < -0.4 is 5.32 Å². The Morgan fingerprint density at radius 2 is 1.53 bits per heavy atom. The second kappa shape index (κ2) is 12.6. The highest BCUT2D eigenvalue weighted by Crippen LogP contribution is 2.88. The molecule has 0 radical (unpaired) electrons. The number of esters is 1. The first-order valence-electron chi connectivity index (χ1n) is 18.1. The largest absolute Gasteiger partial charge is 0.467 e. The molecule has 2 heterocycles. The molecule has 5 rings (SSSR count). The van der Waals surface area contributed by atoms with E-state index < -0.39 is 23.4 Å². The molecule has 45 heavy (non-hydrogen) atoms. The van der Waals surface area contributed by atoms with Gasteiger partial charge in [-0.05, 0) is 87.5 Å². The molecule has 0 bridgehead atoms. The van der Waals surface area contributed by atoms with Crippen LogP contribution in [0.2, 0.25) is 0 Å². The Morgan fingerprint density at radius 3 is 2.07 bits per heavy atom. The number of hydrogen-bond donors (Lipinski definition) is 1. The van der Waals surface area contributed by atoms with Crippen LogP contribution in [0.25, 0.3) is 0 Å². The van der Waals surface area contributed by atoms with Crippen molar-refractivity contribution in [1.82, 2.24) is 15.1 Å². The number of piperidine rings is 1. The van der Waals surface area contributed by atoms with Gasteiger partial charge in [-0.25, -0.2) is 4.79 Å². The predicted octanol–water partition coefficient (Wildman–Crippen LogP) is 5.91. The maximum atomic E-state index is 14.7. The molecule has 0 aromatic carbocycles. The lowest BCUT2D eigenvalue weighted by Gasteiger charge is -2.40. The summed E-state index contributed by atoms with van der Waals surface area (Å²) in [6, 6.07) is -1.17. The van der Waals surface area contributed by atoms with E-state index in [2.05, 4.69) is 37.9 Å². The van der Waals surface area contributed by atoms with Crippen molar-refractivity contribution < 1.29 is 23.9 Å². The van der Waals surface area contributed by atoms with Gasteiger partial charge < -0.3 is 15.0 Å². The normalized spacial score (nSPS) is 31.0. The van der Waals surface area contributed by atoms with Crippen molar-refractivity contribution >= 4 is 23.6 Å². The molecule has 8 nitrogen and oxygen atoms in total. The number of nitrogens with one attached hydrogen (secondary N) is 1. The maximum Gasteiger partial charge on any atom is 0.328 e. The summed E-state index contributed by atoms with van der Waals surface area (Å²) in [7, 11) is 1.40. The molecule has 2 spiro atoms. The fourth-order valence-electron chi connectivity index (χ4n) is 10.5. The number of Topliss-reactive ketones (excluding diaryl/α,β-unsaturated/α-hetero) is 1. The first kappa shape index (κ1) is 34.4. The number of likely N-dealkylation sites (tertiary alicyclic amines) is 2. The molecule has 254 valence electrons. The maximum absolute atomic E-state index is 14.7. The van der Waals surface area contributed by atoms with Crippen molar-refractivity contribution in [3.63, 3.8) is 0 Å². The van der Waals surface area contributed by atoms with E-state index in [0.717, 1.165) is 70.8 Å². The zero-order valence-electron chi connectivity index (χ0n) is 29.5. The molecular weight excluding hydrogens is 566 g/mol. The zero-order chi connectivity index (χ0) is 32.9. The number of carbonyl (C=O) groups is 4. The summed E-state index contributed by atoms with van der Waals surface area (Å²) in [6.07, 6.45) is 12.2. The Bertz CT molecular complexity index is 1150. The minimum atomic E-state index is -0.621. The van der Waals surface area contributed by atoms with Gasteiger partial charge >= 0.3 is 5.97 Å². The van der Waals surface area contributed by atoms with Crippen LogP contribution in [-0.2, 0) is 23.9 Å². The van der Waals surface area contributed by atoms with E-state index >= 15 is 0 Å². The lowest BCUT2D eigenvalue weighted by atomic mass is 9.73. The van der Waals surface area contributed by atoms with Crippen LogP contribution >= 0.6 is 0 Å². The summed E-state index contributed by atoms with van der Waals surface area (Å²) in [4.78, 5) is 60.2. The lowest BCUT2D eigenvalue weighted by Crippen LogP contribution is -2.57. The fraction of sp³-hybridized carbons (Fsp3) is 0.892. The molecule has 1 N–H and O–H groups in total. The van der Waals surface area contributed by atoms with Gasteiger partial charge in [-0.15, -0.1) is 0 Å². The van der Waals surface area contributed by atoms with Gasteiger partial charge in [-0.2, -0.15) is 0 Å². The van der Waals surface area contributed by atoms with Crippen LogP contribution in [0.4, 0.5) is 0 Å². The van der Waals surface area contributed by atoms with Gasteiger partial charge in [-0.1, -0.05) is 66.7 Å². The highest BCUT2D eigenvalue weighted by molar-refractivity contribution is 5.95. The van der Waals surface area contributed by atoms with Gasteiger partial charge in [0.1, 0.15) is 6.04 Å². The van der Waals surface area contributed by atoms with Crippen molar-refractivity contribution in [3.05, 3.63) is 0 Å². The number of carbonyl (C=O) groups excluding carboxylic acids is 4. The van der Waals surface area contributed by atoms with Crippen molar-refractivity contribution in [3.8, 4) is 0 Å². The quantitative estimate of drug-likeness (QED) is 0.320. The van der Waals surface area contributed by atoms with Gasteiger partial charge in [0.25, 0.3) is 0 Å². The van der Waals surface area contributed by atoms with E-state index in [1.165, 1.54) is 13.5 Å². The summed E-state index contributed by atoms with van der Waals surface area (Å²) in [5.41, 5.74) is -0.338. The summed E-state index contributed by atoms with van der Waals surface area (Å²) in [5, 5.41) is 3.27. The smallest absolute Gasteiger partial charge is 0.328 e. The standard InChI is InChI=1S/C37H61N3O5/c1-24(2)39-20-13-12-17-27(39)31(42)38-30(25-15-10-9-11-16-25)29(41)21-26(34(3,4)5)32(43)40-23-37(22-28(40)33(44)45-8)35(6,7)36(37)18-14-19-36/h24-28,30H,9-23H2,1-8H3,(H,38,42)/t26-,27+,28+,30+,37-/m1/s1. The summed E-state index contributed by atoms with van der Waals surface area (Å²) in [5.74, 6) is -1.07. The lowest BCUT2D eigenvalue weighted by molar-refractivity contribution is -0.154. The molecule has 3 aliphatic carbocycles. The third-order valence-electron chi connectivity index (χ3n) is 13.6. The highest BCUT2D eigenvalue weighted by atomic mass is 16.5. The van der Waals surface area contributed by atoms with E-state index in [1.807, 2.05) is 20.8 Å². The molecule has 2 amide bonds. The second-order valence-corrected chi connectivity index (χ2v) is 17.2. The summed E-state index contributed by atoms with van der Waals surface area (Å²) in [6.45, 7) is 16.4. The van der Waals surface area contributed by atoms with Crippen LogP contribution in [0.1, 0.15) is 132 Å². The first-order chi connectivity index (χ1) is 21.1. The highest BCUT2D eigenvalue weighted by Gasteiger charge is 2.85. The molecule has 5 aliphatic rings. The van der Waals surface area contributed by atoms with Crippen LogP contribution in [0.3, 0.4) is 0 Å². The van der Waals surface area contributed by atoms with E-state index in [1.54, 1.807) is 4.90 Å². The van der Waals surface area contributed by atoms with Gasteiger partial charge in [0.2, 0.25) is 11.8 Å². The molecule has 3 saturated carbocycles. The SMILES string of the molecule is COC(=O)[C@@H]1C[C@@]2(CN1C(=O)[C@@H](CC(=O)[C@@H](NC(=O)[C@@H]1CCCCN1C(C)C)C1CCCCC1)C(C)(C)C)C(C)(C)C21CCC1. The van der Waals surface area contributed by atoms with Crippen molar-refractivity contribution in [2.45, 2.75) is 156 Å². The zero-order valence-corrected chi connectivity index (χ0v) is 29.5. The summed E-state index contributed by atoms with van der Waals surface area (Å²) < 4.78 is 5.26. The van der Waals surface area contributed by atoms with Crippen LogP contribution in [-0.4, -0.2) is 77.7 Å². The number of amides is 2. The Morgan fingerprint density at radius 1 is 0.889 bits per heavy atom. The van der Waals surface area contributed by atoms with E-state index in [-0.39, 0.29) is 64.2 Å². The molecule has 5 fully saturated rings. The Balaban J connectivity index is 1.39. The molecule has 8 heteroatoms.